The van der Waals surface area contributed by atoms with Gasteiger partial charge in [0.2, 0.25) is 0 Å². The fraction of sp³-hybridized carbons (Fsp3) is 0.429. The number of Topliss-reactive ketones (excluding diaryl/α,β-unsaturated/α-hetero) is 1. The maximum atomic E-state index is 11.9. The van der Waals surface area contributed by atoms with Crippen LogP contribution in [0.1, 0.15) is 30.6 Å². The van der Waals surface area contributed by atoms with Crippen LogP contribution in [-0.2, 0) is 4.79 Å². The second kappa shape index (κ2) is 5.61. The number of amides is 1. The Balaban J connectivity index is 2.41. The molecule has 1 aliphatic heterocycles. The highest BCUT2D eigenvalue weighted by molar-refractivity contribution is 6.33. The average molecular weight is 282 g/mol. The molecular weight excluding hydrogens is 266 g/mol. The molecule has 5 heteroatoms. The summed E-state index contributed by atoms with van der Waals surface area (Å²) < 4.78 is 5.37. The number of carbonyl (C=O) groups excluding carboxylic acids is 2. The van der Waals surface area contributed by atoms with Gasteiger partial charge in [-0.2, -0.15) is 0 Å². The van der Waals surface area contributed by atoms with E-state index in [1.54, 1.807) is 30.0 Å². The van der Waals surface area contributed by atoms with Gasteiger partial charge in [0.1, 0.15) is 5.75 Å². The summed E-state index contributed by atoms with van der Waals surface area (Å²) in [6.45, 7) is 4.29. The summed E-state index contributed by atoms with van der Waals surface area (Å²) in [5.74, 6) is 0.392. The van der Waals surface area contributed by atoms with Gasteiger partial charge in [-0.25, -0.2) is 0 Å². The van der Waals surface area contributed by atoms with E-state index in [4.69, 9.17) is 16.3 Å². The van der Waals surface area contributed by atoms with Gasteiger partial charge in [0.05, 0.1) is 11.1 Å². The Bertz CT molecular complexity index is 513. The Morgan fingerprint density at radius 1 is 1.53 bits per heavy atom. The fourth-order valence-corrected chi connectivity index (χ4v) is 2.18. The molecule has 1 amide bonds. The van der Waals surface area contributed by atoms with Gasteiger partial charge < -0.3 is 9.64 Å². The highest BCUT2D eigenvalue weighted by atomic mass is 35.5. The minimum absolute atomic E-state index is 0.0478. The van der Waals surface area contributed by atoms with Crippen molar-refractivity contribution < 1.29 is 14.3 Å². The maximum absolute atomic E-state index is 11.9. The Morgan fingerprint density at radius 2 is 2.26 bits per heavy atom. The third-order valence-corrected chi connectivity index (χ3v) is 3.19. The van der Waals surface area contributed by atoms with Crippen molar-refractivity contribution in [2.45, 2.75) is 25.6 Å². The quantitative estimate of drug-likeness (QED) is 0.630. The second-order valence-corrected chi connectivity index (χ2v) is 5.15. The highest BCUT2D eigenvalue weighted by Crippen LogP contribution is 2.33. The summed E-state index contributed by atoms with van der Waals surface area (Å²) in [4.78, 5) is 25.4. The van der Waals surface area contributed by atoms with E-state index in [2.05, 4.69) is 0 Å². The Kier molecular flexibility index (Phi) is 4.10. The molecular formula is C14H16ClNO3. The van der Waals surface area contributed by atoms with E-state index >= 15 is 0 Å². The Labute approximate surface area is 117 Å². The normalized spacial score (nSPS) is 15.7. The number of nitrogens with zero attached hydrogens (tertiary/aromatic N) is 1. The lowest BCUT2D eigenvalue weighted by Crippen LogP contribution is -2.39. The molecule has 1 unspecified atom stereocenters. The summed E-state index contributed by atoms with van der Waals surface area (Å²) in [6, 6.07) is 5.08. The number of ketones is 1. The van der Waals surface area contributed by atoms with Crippen LogP contribution in [0.2, 0.25) is 0 Å². The van der Waals surface area contributed by atoms with Crippen molar-refractivity contribution in [3.8, 4) is 5.75 Å². The van der Waals surface area contributed by atoms with Crippen molar-refractivity contribution in [2.24, 2.45) is 0 Å². The van der Waals surface area contributed by atoms with Gasteiger partial charge in [-0.3, -0.25) is 9.59 Å². The highest BCUT2D eigenvalue weighted by Gasteiger charge is 2.26. The van der Waals surface area contributed by atoms with Gasteiger partial charge in [0.15, 0.2) is 12.4 Å². The molecule has 1 aromatic rings. The van der Waals surface area contributed by atoms with Crippen LogP contribution in [0, 0.1) is 0 Å². The van der Waals surface area contributed by atoms with Crippen LogP contribution in [0.25, 0.3) is 0 Å². The summed E-state index contributed by atoms with van der Waals surface area (Å²) in [6.07, 6.45) is 0.843. The molecule has 0 fully saturated rings. The summed E-state index contributed by atoms with van der Waals surface area (Å²) >= 11 is 5.81. The number of ether oxygens (including phenoxy) is 1. The molecule has 2 rings (SSSR count). The van der Waals surface area contributed by atoms with Crippen LogP contribution in [0.5, 0.6) is 5.75 Å². The minimum atomic E-state index is -0.585. The molecule has 0 aliphatic carbocycles. The minimum Gasteiger partial charge on any atom is -0.482 e. The van der Waals surface area contributed by atoms with Gasteiger partial charge >= 0.3 is 0 Å². The molecule has 1 heterocycles. The predicted molar refractivity (Wildman–Crippen MR) is 74.2 cm³/mol. The van der Waals surface area contributed by atoms with E-state index < -0.39 is 5.38 Å². The van der Waals surface area contributed by atoms with Crippen LogP contribution < -0.4 is 9.64 Å². The largest absolute Gasteiger partial charge is 0.482 e. The zero-order chi connectivity index (χ0) is 14.0. The van der Waals surface area contributed by atoms with Crippen molar-refractivity contribution in [1.82, 2.24) is 0 Å². The van der Waals surface area contributed by atoms with Crippen LogP contribution in [0.3, 0.4) is 0 Å². The number of alkyl halides is 1. The monoisotopic (exact) mass is 281 g/mol. The summed E-state index contributed by atoms with van der Waals surface area (Å²) in [7, 11) is 0. The molecule has 102 valence electrons. The Morgan fingerprint density at radius 3 is 2.89 bits per heavy atom. The van der Waals surface area contributed by atoms with Crippen molar-refractivity contribution in [3.63, 3.8) is 0 Å². The molecule has 4 nitrogen and oxygen atoms in total. The third kappa shape index (κ3) is 2.73. The van der Waals surface area contributed by atoms with Crippen LogP contribution in [0.15, 0.2) is 18.2 Å². The lowest BCUT2D eigenvalue weighted by Gasteiger charge is -2.29. The molecule has 0 saturated carbocycles. The van der Waals surface area contributed by atoms with Gasteiger partial charge in [-0.1, -0.05) is 6.92 Å². The summed E-state index contributed by atoms with van der Waals surface area (Å²) in [5, 5.41) is -0.585. The molecule has 0 spiro atoms. The van der Waals surface area contributed by atoms with E-state index in [1.165, 1.54) is 0 Å². The van der Waals surface area contributed by atoms with Crippen molar-refractivity contribution in [3.05, 3.63) is 23.8 Å². The number of anilines is 1. The van der Waals surface area contributed by atoms with Gasteiger partial charge in [-0.15, -0.1) is 11.6 Å². The number of benzene rings is 1. The van der Waals surface area contributed by atoms with Crippen molar-refractivity contribution >= 4 is 29.0 Å². The van der Waals surface area contributed by atoms with Gasteiger partial charge in [-0.05, 0) is 31.5 Å². The number of rotatable bonds is 4. The average Bonchev–Trinajstić information content (AvgIpc) is 2.40. The number of hydrogen-bond acceptors (Lipinski definition) is 3. The van der Waals surface area contributed by atoms with Crippen LogP contribution in [0.4, 0.5) is 5.69 Å². The van der Waals surface area contributed by atoms with Crippen LogP contribution >= 0.6 is 11.6 Å². The first-order chi connectivity index (χ1) is 9.04. The first-order valence-electron chi connectivity index (χ1n) is 6.30. The van der Waals surface area contributed by atoms with Crippen LogP contribution in [-0.4, -0.2) is 30.2 Å². The second-order valence-electron chi connectivity index (χ2n) is 4.50. The lowest BCUT2D eigenvalue weighted by atomic mass is 10.1. The SMILES string of the molecule is CCCN1C(=O)COc2ccc(C(=O)C(C)Cl)cc21. The topological polar surface area (TPSA) is 46.6 Å². The molecule has 0 bridgehead atoms. The van der Waals surface area contributed by atoms with Crippen molar-refractivity contribution in [1.29, 1.82) is 0 Å². The third-order valence-electron chi connectivity index (χ3n) is 2.99. The molecule has 0 N–H and O–H groups in total. The predicted octanol–water partition coefficient (Wildman–Crippen LogP) is 2.63. The molecule has 0 aromatic heterocycles. The van der Waals surface area contributed by atoms with Gasteiger partial charge in [0, 0.05) is 12.1 Å². The maximum Gasteiger partial charge on any atom is 0.265 e. The molecule has 0 saturated heterocycles. The van der Waals surface area contributed by atoms with Gasteiger partial charge in [0.25, 0.3) is 5.91 Å². The lowest BCUT2D eigenvalue weighted by molar-refractivity contribution is -0.121. The number of halogens is 1. The fourth-order valence-electron chi connectivity index (χ4n) is 2.05. The Hall–Kier alpha value is -1.55. The molecule has 0 radical (unpaired) electrons. The van der Waals surface area contributed by atoms with Crippen molar-refractivity contribution in [2.75, 3.05) is 18.1 Å². The van der Waals surface area contributed by atoms with E-state index in [0.717, 1.165) is 6.42 Å². The first kappa shape index (κ1) is 13.9. The standard InChI is InChI=1S/C14H16ClNO3/c1-3-6-16-11-7-10(14(18)9(2)15)4-5-12(11)19-8-13(16)17/h4-5,7,9H,3,6,8H2,1-2H3. The molecule has 1 aromatic carbocycles. The number of fused-ring (bicyclic) bond motifs is 1. The van der Waals surface area contributed by atoms with E-state index in [0.29, 0.717) is 23.5 Å². The zero-order valence-electron chi connectivity index (χ0n) is 11.0. The molecule has 1 aliphatic rings. The first-order valence-corrected chi connectivity index (χ1v) is 6.73. The number of hydrogen-bond donors (Lipinski definition) is 0. The molecule has 19 heavy (non-hydrogen) atoms. The van der Waals surface area contributed by atoms with E-state index in [9.17, 15) is 9.59 Å². The molecule has 1 atom stereocenters. The zero-order valence-corrected chi connectivity index (χ0v) is 11.7. The smallest absolute Gasteiger partial charge is 0.265 e. The van der Waals surface area contributed by atoms with E-state index in [-0.39, 0.29) is 18.3 Å². The number of carbonyl (C=O) groups is 2. The summed E-state index contributed by atoms with van der Waals surface area (Å²) in [5.41, 5.74) is 1.15. The van der Waals surface area contributed by atoms with E-state index in [1.807, 2.05) is 6.92 Å².